The Hall–Kier alpha value is -0.430. The Labute approximate surface area is 122 Å². The van der Waals surface area contributed by atoms with Gasteiger partial charge in [0.15, 0.2) is 0 Å². The Bertz CT molecular complexity index is 558. The minimum absolute atomic E-state index is 0.00877. The second-order valence-electron chi connectivity index (χ2n) is 4.24. The fraction of sp³-hybridized carbons (Fsp3) is 0.500. The van der Waals surface area contributed by atoms with Gasteiger partial charge in [0, 0.05) is 27.3 Å². The third kappa shape index (κ3) is 6.03. The lowest BCUT2D eigenvalue weighted by atomic mass is 10.1. The average molecular weight is 324 g/mol. The van der Waals surface area contributed by atoms with Crippen LogP contribution >= 0.6 is 11.6 Å². The molecule has 1 aromatic carbocycles. The Morgan fingerprint density at radius 2 is 2.05 bits per heavy atom. The first kappa shape index (κ1) is 16.6. The van der Waals surface area contributed by atoms with Gasteiger partial charge in [-0.2, -0.15) is 0 Å². The molecule has 1 aromatic rings. The zero-order valence-electron chi connectivity index (χ0n) is 11.0. The molecule has 4 nitrogen and oxygen atoms in total. The number of aryl methyl sites for hydroxylation is 1. The van der Waals surface area contributed by atoms with Crippen molar-refractivity contribution >= 4 is 32.4 Å². The van der Waals surface area contributed by atoms with Gasteiger partial charge in [-0.25, -0.2) is 13.1 Å². The van der Waals surface area contributed by atoms with Crippen molar-refractivity contribution in [1.82, 2.24) is 4.72 Å². The lowest BCUT2D eigenvalue weighted by Gasteiger charge is -2.07. The predicted molar refractivity (Wildman–Crippen MR) is 80.4 cm³/mol. The van der Waals surface area contributed by atoms with Crippen LogP contribution in [0.25, 0.3) is 0 Å². The summed E-state index contributed by atoms with van der Waals surface area (Å²) in [5, 5.41) is 0.659. The van der Waals surface area contributed by atoms with Crippen molar-refractivity contribution in [3.63, 3.8) is 0 Å². The first-order valence-corrected chi connectivity index (χ1v) is 9.37. The van der Waals surface area contributed by atoms with E-state index >= 15 is 0 Å². The molecule has 108 valence electrons. The average Bonchev–Trinajstić information content (AvgIpc) is 2.32. The summed E-state index contributed by atoms with van der Waals surface area (Å²) in [6.07, 6.45) is 0.391. The summed E-state index contributed by atoms with van der Waals surface area (Å²) >= 11 is 5.85. The smallest absolute Gasteiger partial charge is 0.211 e. The molecule has 0 fully saturated rings. The lowest BCUT2D eigenvalue weighted by Crippen LogP contribution is -2.23. The molecule has 1 atom stereocenters. The first-order chi connectivity index (χ1) is 8.84. The van der Waals surface area contributed by atoms with E-state index in [1.54, 1.807) is 6.07 Å². The van der Waals surface area contributed by atoms with Crippen molar-refractivity contribution in [1.29, 1.82) is 0 Å². The van der Waals surface area contributed by atoms with Crippen molar-refractivity contribution in [2.75, 3.05) is 18.6 Å². The summed E-state index contributed by atoms with van der Waals surface area (Å²) in [5.74, 6) is 0.820. The van der Waals surface area contributed by atoms with Gasteiger partial charge in [0.1, 0.15) is 0 Å². The number of hydrogen-bond acceptors (Lipinski definition) is 3. The van der Waals surface area contributed by atoms with E-state index in [0.717, 1.165) is 11.1 Å². The topological polar surface area (TPSA) is 63.2 Å². The molecule has 0 bridgehead atoms. The van der Waals surface area contributed by atoms with E-state index in [9.17, 15) is 12.6 Å². The molecule has 0 aromatic heterocycles. The number of hydrogen-bond donors (Lipinski definition) is 1. The lowest BCUT2D eigenvalue weighted by molar-refractivity contribution is 0.587. The number of rotatable bonds is 7. The number of halogens is 1. The fourth-order valence-corrected chi connectivity index (χ4v) is 4.00. The van der Waals surface area contributed by atoms with Crippen molar-refractivity contribution in [2.24, 2.45) is 0 Å². The van der Waals surface area contributed by atoms with Crippen molar-refractivity contribution < 1.29 is 12.6 Å². The minimum Gasteiger partial charge on any atom is -0.259 e. The summed E-state index contributed by atoms with van der Waals surface area (Å²) < 4.78 is 36.5. The second kappa shape index (κ2) is 7.38. The highest BCUT2D eigenvalue weighted by molar-refractivity contribution is 7.89. The number of nitrogens with one attached hydrogen (secondary N) is 1. The van der Waals surface area contributed by atoms with Gasteiger partial charge >= 0.3 is 0 Å². The van der Waals surface area contributed by atoms with Crippen LogP contribution < -0.4 is 4.72 Å². The van der Waals surface area contributed by atoms with E-state index in [4.69, 9.17) is 11.6 Å². The van der Waals surface area contributed by atoms with Crippen molar-refractivity contribution in [3.05, 3.63) is 34.3 Å². The molecule has 0 aliphatic rings. The van der Waals surface area contributed by atoms with Crippen LogP contribution in [0.2, 0.25) is 5.02 Å². The van der Waals surface area contributed by atoms with Crippen LogP contribution in [-0.4, -0.2) is 31.2 Å². The predicted octanol–water partition coefficient (Wildman–Crippen LogP) is 1.84. The van der Waals surface area contributed by atoms with E-state index in [1.165, 1.54) is 7.05 Å². The maximum Gasteiger partial charge on any atom is 0.211 e. The zero-order chi connectivity index (χ0) is 14.5. The van der Waals surface area contributed by atoms with E-state index in [2.05, 4.69) is 4.72 Å². The van der Waals surface area contributed by atoms with Crippen LogP contribution in [0.5, 0.6) is 0 Å². The Kier molecular flexibility index (Phi) is 6.46. The van der Waals surface area contributed by atoms with E-state index in [0.29, 0.717) is 22.9 Å². The first-order valence-electron chi connectivity index (χ1n) is 5.85. The zero-order valence-corrected chi connectivity index (χ0v) is 13.4. The quantitative estimate of drug-likeness (QED) is 0.832. The van der Waals surface area contributed by atoms with Crippen LogP contribution in [0.15, 0.2) is 18.2 Å². The number of sulfonamides is 1. The molecule has 0 heterocycles. The molecule has 19 heavy (non-hydrogen) atoms. The second-order valence-corrected chi connectivity index (χ2v) is 8.29. The molecule has 0 amide bonds. The van der Waals surface area contributed by atoms with Crippen LogP contribution in [0.3, 0.4) is 0 Å². The third-order valence-electron chi connectivity index (χ3n) is 2.72. The highest BCUT2D eigenvalue weighted by Crippen LogP contribution is 2.16. The molecule has 7 heteroatoms. The Morgan fingerprint density at radius 1 is 1.37 bits per heavy atom. The SMILES string of the molecule is CNS(=O)(=O)CCC[S@@](=O)Cc1ccc(Cl)cc1C. The van der Waals surface area contributed by atoms with Gasteiger partial charge in [0.25, 0.3) is 0 Å². The molecule has 0 aliphatic carbocycles. The molecule has 0 unspecified atom stereocenters. The minimum atomic E-state index is -3.20. The highest BCUT2D eigenvalue weighted by Gasteiger charge is 2.09. The van der Waals surface area contributed by atoms with Gasteiger partial charge in [-0.15, -0.1) is 0 Å². The normalized spacial score (nSPS) is 13.4. The summed E-state index contributed by atoms with van der Waals surface area (Å²) in [4.78, 5) is 0. The molecule has 0 spiro atoms. The largest absolute Gasteiger partial charge is 0.259 e. The standard InChI is InChI=1S/C12H18ClNO3S2/c1-10-8-12(13)5-4-11(10)9-18(15)6-3-7-19(16,17)14-2/h4-5,8,14H,3,6-7,9H2,1-2H3/t18-/m1/s1. The van der Waals surface area contributed by atoms with E-state index in [-0.39, 0.29) is 5.75 Å². The number of benzene rings is 1. The molecule has 1 rings (SSSR count). The Balaban J connectivity index is 2.48. The van der Waals surface area contributed by atoms with Gasteiger partial charge in [-0.3, -0.25) is 4.21 Å². The summed E-state index contributed by atoms with van der Waals surface area (Å²) in [5.41, 5.74) is 1.99. The third-order valence-corrected chi connectivity index (χ3v) is 5.78. The maximum atomic E-state index is 11.9. The van der Waals surface area contributed by atoms with Crippen LogP contribution in [0.4, 0.5) is 0 Å². The molecule has 0 radical (unpaired) electrons. The fourth-order valence-electron chi connectivity index (χ4n) is 1.58. The van der Waals surface area contributed by atoms with Gasteiger partial charge < -0.3 is 0 Å². The summed E-state index contributed by atoms with van der Waals surface area (Å²) in [6.45, 7) is 1.92. The summed E-state index contributed by atoms with van der Waals surface area (Å²) in [7, 11) is -2.89. The van der Waals surface area contributed by atoms with Gasteiger partial charge in [0.05, 0.1) is 5.75 Å². The Morgan fingerprint density at radius 3 is 2.63 bits per heavy atom. The van der Waals surface area contributed by atoms with Gasteiger partial charge in [0.2, 0.25) is 10.0 Å². The van der Waals surface area contributed by atoms with Crippen molar-refractivity contribution in [3.8, 4) is 0 Å². The van der Waals surface area contributed by atoms with Crippen molar-refractivity contribution in [2.45, 2.75) is 19.1 Å². The molecule has 1 N–H and O–H groups in total. The molecule has 0 aliphatic heterocycles. The van der Waals surface area contributed by atoms with Crippen LogP contribution in [0.1, 0.15) is 17.5 Å². The van der Waals surface area contributed by atoms with E-state index in [1.807, 2.05) is 19.1 Å². The van der Waals surface area contributed by atoms with Crippen LogP contribution in [-0.2, 0) is 26.6 Å². The molecular weight excluding hydrogens is 306 g/mol. The highest BCUT2D eigenvalue weighted by atomic mass is 35.5. The molecular formula is C12H18ClNO3S2. The monoisotopic (exact) mass is 323 g/mol. The molecule has 0 saturated carbocycles. The molecule has 0 saturated heterocycles. The van der Waals surface area contributed by atoms with Gasteiger partial charge in [-0.05, 0) is 43.7 Å². The summed E-state index contributed by atoms with van der Waals surface area (Å²) in [6, 6.07) is 5.46. The van der Waals surface area contributed by atoms with Crippen LogP contribution in [0, 0.1) is 6.92 Å². The van der Waals surface area contributed by atoms with E-state index < -0.39 is 20.8 Å². The maximum absolute atomic E-state index is 11.9. The van der Waals surface area contributed by atoms with Gasteiger partial charge in [-0.1, -0.05) is 17.7 Å².